The minimum atomic E-state index is -3.53. The first kappa shape index (κ1) is 22.3. The Labute approximate surface area is 178 Å². The number of benzene rings is 2. The topological polar surface area (TPSA) is 79.0 Å². The van der Waals surface area contributed by atoms with E-state index in [1.807, 2.05) is 42.3 Å². The lowest BCUT2D eigenvalue weighted by Crippen LogP contribution is -2.35. The summed E-state index contributed by atoms with van der Waals surface area (Å²) in [6.45, 7) is 2.34. The van der Waals surface area contributed by atoms with Gasteiger partial charge < -0.3 is 10.1 Å². The summed E-state index contributed by atoms with van der Waals surface area (Å²) >= 11 is 0. The fourth-order valence-electron chi connectivity index (χ4n) is 3.35. The van der Waals surface area contributed by atoms with Gasteiger partial charge in [-0.25, -0.2) is 8.42 Å². The third kappa shape index (κ3) is 6.29. The van der Waals surface area contributed by atoms with Crippen LogP contribution in [0.25, 0.3) is 0 Å². The number of hydrogen-bond acceptors (Lipinski definition) is 5. The van der Waals surface area contributed by atoms with Gasteiger partial charge in [0.1, 0.15) is 12.4 Å². The minimum Gasteiger partial charge on any atom is -0.492 e. The maximum absolute atomic E-state index is 12.8. The van der Waals surface area contributed by atoms with Crippen molar-refractivity contribution >= 4 is 21.6 Å². The Morgan fingerprint density at radius 1 is 1.07 bits per heavy atom. The van der Waals surface area contributed by atoms with Gasteiger partial charge >= 0.3 is 0 Å². The van der Waals surface area contributed by atoms with Crippen molar-refractivity contribution in [3.63, 3.8) is 0 Å². The number of piperidine rings is 1. The lowest BCUT2D eigenvalue weighted by atomic mass is 10.2. The molecule has 1 aliphatic heterocycles. The monoisotopic (exact) mass is 431 g/mol. The van der Waals surface area contributed by atoms with E-state index in [0.29, 0.717) is 31.9 Å². The van der Waals surface area contributed by atoms with Crippen LogP contribution in [-0.2, 0) is 14.8 Å². The molecular formula is C22H29N3O4S. The third-order valence-corrected chi connectivity index (χ3v) is 6.86. The van der Waals surface area contributed by atoms with Crippen LogP contribution >= 0.6 is 0 Å². The second-order valence-corrected chi connectivity index (χ2v) is 9.38. The Kier molecular flexibility index (Phi) is 7.84. The molecule has 1 saturated heterocycles. The molecular weight excluding hydrogens is 402 g/mol. The fraction of sp³-hybridized carbons (Fsp3) is 0.409. The number of hydrogen-bond donors (Lipinski definition) is 1. The zero-order chi connectivity index (χ0) is 21.4. The summed E-state index contributed by atoms with van der Waals surface area (Å²) in [5, 5.41) is 2.79. The van der Waals surface area contributed by atoms with E-state index in [2.05, 4.69) is 5.32 Å². The van der Waals surface area contributed by atoms with Gasteiger partial charge in [0.25, 0.3) is 0 Å². The van der Waals surface area contributed by atoms with Gasteiger partial charge in [-0.05, 0) is 50.2 Å². The van der Waals surface area contributed by atoms with E-state index in [9.17, 15) is 13.2 Å². The predicted molar refractivity (Wildman–Crippen MR) is 117 cm³/mol. The maximum Gasteiger partial charge on any atom is 0.243 e. The number of anilines is 1. The highest BCUT2D eigenvalue weighted by Gasteiger charge is 2.26. The molecule has 0 aliphatic carbocycles. The van der Waals surface area contributed by atoms with Gasteiger partial charge in [0.05, 0.1) is 11.4 Å². The Balaban J connectivity index is 1.50. The number of carbonyl (C=O) groups is 1. The quantitative estimate of drug-likeness (QED) is 0.661. The molecule has 162 valence electrons. The van der Waals surface area contributed by atoms with Crippen molar-refractivity contribution < 1.29 is 17.9 Å². The van der Waals surface area contributed by atoms with Gasteiger partial charge in [-0.15, -0.1) is 0 Å². The van der Waals surface area contributed by atoms with Crippen LogP contribution in [-0.4, -0.2) is 63.4 Å². The highest BCUT2D eigenvalue weighted by Crippen LogP contribution is 2.22. The number of amides is 1. The number of nitrogens with one attached hydrogen (secondary N) is 1. The number of rotatable bonds is 9. The molecule has 3 rings (SSSR count). The van der Waals surface area contributed by atoms with Crippen molar-refractivity contribution in [1.82, 2.24) is 9.21 Å². The molecule has 1 aliphatic rings. The van der Waals surface area contributed by atoms with E-state index in [0.717, 1.165) is 25.0 Å². The number of ether oxygens (including phenoxy) is 1. The number of carbonyl (C=O) groups excluding carboxylic acids is 1. The molecule has 30 heavy (non-hydrogen) atoms. The van der Waals surface area contributed by atoms with Crippen molar-refractivity contribution in [3.05, 3.63) is 54.6 Å². The highest BCUT2D eigenvalue weighted by molar-refractivity contribution is 7.89. The molecule has 0 aromatic heterocycles. The smallest absolute Gasteiger partial charge is 0.243 e. The second kappa shape index (κ2) is 10.6. The van der Waals surface area contributed by atoms with Gasteiger partial charge in [-0.2, -0.15) is 4.31 Å². The third-order valence-electron chi connectivity index (χ3n) is 4.97. The first-order valence-electron chi connectivity index (χ1n) is 10.2. The van der Waals surface area contributed by atoms with Crippen molar-refractivity contribution in [2.75, 3.05) is 45.2 Å². The molecule has 0 atom stereocenters. The molecule has 2 aromatic rings. The van der Waals surface area contributed by atoms with Gasteiger partial charge in [0.15, 0.2) is 0 Å². The molecule has 1 N–H and O–H groups in total. The van der Waals surface area contributed by atoms with Gasteiger partial charge in [-0.1, -0.05) is 30.7 Å². The Hall–Kier alpha value is -2.42. The van der Waals surface area contributed by atoms with Crippen LogP contribution in [0.4, 0.5) is 5.69 Å². The van der Waals surface area contributed by atoms with Crippen LogP contribution in [0.5, 0.6) is 5.75 Å². The molecule has 0 radical (unpaired) electrons. The largest absolute Gasteiger partial charge is 0.492 e. The summed E-state index contributed by atoms with van der Waals surface area (Å²) in [6, 6.07) is 16.0. The number of sulfonamides is 1. The van der Waals surface area contributed by atoms with E-state index in [4.69, 9.17) is 4.74 Å². The van der Waals surface area contributed by atoms with Crippen LogP contribution in [0.3, 0.4) is 0 Å². The van der Waals surface area contributed by atoms with E-state index in [-0.39, 0.29) is 17.3 Å². The molecule has 0 unspecified atom stereocenters. The first-order valence-corrected chi connectivity index (χ1v) is 11.7. The number of likely N-dealkylation sites (N-methyl/N-ethyl adjacent to an activating group) is 1. The fourth-order valence-corrected chi connectivity index (χ4v) is 4.91. The van der Waals surface area contributed by atoms with Crippen LogP contribution in [0.1, 0.15) is 19.3 Å². The number of nitrogens with zero attached hydrogens (tertiary/aromatic N) is 2. The minimum absolute atomic E-state index is 0.182. The Bertz CT molecular complexity index is 928. The van der Waals surface area contributed by atoms with Crippen LogP contribution < -0.4 is 10.1 Å². The average Bonchev–Trinajstić information content (AvgIpc) is 2.75. The SMILES string of the molecule is CN(CCOc1ccccc1)CC(=O)Nc1cccc(S(=O)(=O)N2CCCCC2)c1. The first-order chi connectivity index (χ1) is 14.4. The maximum atomic E-state index is 12.8. The van der Waals surface area contributed by atoms with Crippen LogP contribution in [0.2, 0.25) is 0 Å². The zero-order valence-corrected chi connectivity index (χ0v) is 18.1. The van der Waals surface area contributed by atoms with Crippen molar-refractivity contribution in [2.45, 2.75) is 24.2 Å². The lowest BCUT2D eigenvalue weighted by molar-refractivity contribution is -0.117. The molecule has 7 nitrogen and oxygen atoms in total. The molecule has 1 amide bonds. The Morgan fingerprint density at radius 3 is 2.53 bits per heavy atom. The van der Waals surface area contributed by atoms with Gasteiger partial charge in [-0.3, -0.25) is 9.69 Å². The summed E-state index contributed by atoms with van der Waals surface area (Å²) in [6.07, 6.45) is 2.83. The van der Waals surface area contributed by atoms with Crippen molar-refractivity contribution in [3.8, 4) is 5.75 Å². The standard InChI is InChI=1S/C22H29N3O4S/c1-24(15-16-29-20-10-4-2-5-11-20)18-22(26)23-19-9-8-12-21(17-19)30(27,28)25-13-6-3-7-14-25/h2,4-5,8-12,17H,3,6-7,13-16,18H2,1H3,(H,23,26). The van der Waals surface area contributed by atoms with Gasteiger partial charge in [0, 0.05) is 25.3 Å². The van der Waals surface area contributed by atoms with E-state index < -0.39 is 10.0 Å². The van der Waals surface area contributed by atoms with Gasteiger partial charge in [0.2, 0.25) is 15.9 Å². The van der Waals surface area contributed by atoms with Crippen molar-refractivity contribution in [1.29, 1.82) is 0 Å². The van der Waals surface area contributed by atoms with E-state index in [1.165, 1.54) is 10.4 Å². The molecule has 0 spiro atoms. The summed E-state index contributed by atoms with van der Waals surface area (Å²) in [4.78, 5) is 14.4. The molecule has 8 heteroatoms. The molecule has 0 bridgehead atoms. The highest BCUT2D eigenvalue weighted by atomic mass is 32.2. The predicted octanol–water partition coefficient (Wildman–Crippen LogP) is 2.81. The summed E-state index contributed by atoms with van der Waals surface area (Å²) < 4.78 is 32.8. The second-order valence-electron chi connectivity index (χ2n) is 7.44. The van der Waals surface area contributed by atoms with Crippen LogP contribution in [0.15, 0.2) is 59.5 Å². The average molecular weight is 432 g/mol. The molecule has 1 heterocycles. The van der Waals surface area contributed by atoms with Crippen LogP contribution in [0, 0.1) is 0 Å². The Morgan fingerprint density at radius 2 is 1.80 bits per heavy atom. The molecule has 0 saturated carbocycles. The molecule has 2 aromatic carbocycles. The normalized spacial score (nSPS) is 15.1. The molecule has 1 fully saturated rings. The summed E-state index contributed by atoms with van der Waals surface area (Å²) in [7, 11) is -1.69. The van der Waals surface area contributed by atoms with Crippen molar-refractivity contribution in [2.24, 2.45) is 0 Å². The lowest BCUT2D eigenvalue weighted by Gasteiger charge is -2.26. The summed E-state index contributed by atoms with van der Waals surface area (Å²) in [5.74, 6) is 0.590. The number of para-hydroxylation sites is 1. The van der Waals surface area contributed by atoms with E-state index in [1.54, 1.807) is 18.2 Å². The zero-order valence-electron chi connectivity index (χ0n) is 17.3. The summed E-state index contributed by atoms with van der Waals surface area (Å²) in [5.41, 5.74) is 0.479. The van der Waals surface area contributed by atoms with E-state index >= 15 is 0 Å².